The van der Waals surface area contributed by atoms with E-state index in [-0.39, 0.29) is 5.69 Å². The van der Waals surface area contributed by atoms with Gasteiger partial charge in [-0.05, 0) is 24.3 Å². The van der Waals surface area contributed by atoms with Gasteiger partial charge in [-0.2, -0.15) is 8.78 Å². The Morgan fingerprint density at radius 2 is 1.78 bits per heavy atom. The van der Waals surface area contributed by atoms with E-state index in [9.17, 15) is 22.0 Å². The molecule has 0 aliphatic carbocycles. The van der Waals surface area contributed by atoms with E-state index in [0.29, 0.717) is 11.1 Å². The van der Waals surface area contributed by atoms with Gasteiger partial charge in [-0.25, -0.2) is 8.42 Å². The molecule has 0 unspecified atom stereocenters. The summed E-state index contributed by atoms with van der Waals surface area (Å²) in [4.78, 5) is 15.8. The number of amides is 1. The summed E-state index contributed by atoms with van der Waals surface area (Å²) in [5, 5.41) is 3.23. The molecule has 3 rings (SSSR count). The van der Waals surface area contributed by atoms with Crippen molar-refractivity contribution in [1.82, 2.24) is 4.98 Å². The minimum atomic E-state index is -4.83. The summed E-state index contributed by atoms with van der Waals surface area (Å²) in [5.74, 6) is -4.23. The van der Waals surface area contributed by atoms with Gasteiger partial charge in [-0.1, -0.05) is 36.4 Å². The van der Waals surface area contributed by atoms with Crippen LogP contribution in [-0.4, -0.2) is 25.1 Å². The number of nitrogens with zero attached hydrogens (tertiary/aromatic N) is 1. The number of anilines is 1. The molecule has 0 aliphatic rings. The largest absolute Gasteiger partial charge is 0.341 e. The zero-order chi connectivity index (χ0) is 19.4. The smallest absolute Gasteiger partial charge is 0.321 e. The molecule has 0 bridgehead atoms. The summed E-state index contributed by atoms with van der Waals surface area (Å²) < 4.78 is 49.1. The lowest BCUT2D eigenvalue weighted by molar-refractivity contribution is -0.111. The zero-order valence-electron chi connectivity index (χ0n) is 13.8. The Kier molecular flexibility index (Phi) is 5.27. The third-order valence-corrected chi connectivity index (χ3v) is 5.20. The molecule has 0 atom stereocenters. The van der Waals surface area contributed by atoms with E-state index < -0.39 is 26.4 Å². The number of rotatable bonds is 5. The molecule has 0 saturated carbocycles. The standard InChI is InChI=1S/C19H14F2N2O3S/c20-19(21)27(25,26)16-9-2-1-8-15(16)23-17(24)11-10-14-6-3-5-13-7-4-12-22-18(13)14/h1-12,19H,(H,23,24)/b11-10+. The minimum Gasteiger partial charge on any atom is -0.321 e. The molecule has 0 spiro atoms. The van der Waals surface area contributed by atoms with Gasteiger partial charge in [0.25, 0.3) is 0 Å². The number of hydrogen-bond acceptors (Lipinski definition) is 4. The lowest BCUT2D eigenvalue weighted by Gasteiger charge is -2.10. The van der Waals surface area contributed by atoms with Crippen molar-refractivity contribution in [3.63, 3.8) is 0 Å². The molecule has 2 aromatic carbocycles. The number of para-hydroxylation sites is 2. The number of halogens is 2. The van der Waals surface area contributed by atoms with Crippen LogP contribution in [0.2, 0.25) is 0 Å². The van der Waals surface area contributed by atoms with Crippen molar-refractivity contribution in [2.75, 3.05) is 5.32 Å². The molecule has 0 saturated heterocycles. The molecule has 1 heterocycles. The average Bonchev–Trinajstić information content (AvgIpc) is 2.66. The second kappa shape index (κ2) is 7.63. The molecule has 0 radical (unpaired) electrons. The van der Waals surface area contributed by atoms with Crippen LogP contribution >= 0.6 is 0 Å². The molecule has 138 valence electrons. The Morgan fingerprint density at radius 3 is 2.56 bits per heavy atom. The maximum Gasteiger partial charge on any atom is 0.341 e. The summed E-state index contributed by atoms with van der Waals surface area (Å²) >= 11 is 0. The predicted octanol–water partition coefficient (Wildman–Crippen LogP) is 3.88. The van der Waals surface area contributed by atoms with Gasteiger partial charge in [0, 0.05) is 23.2 Å². The van der Waals surface area contributed by atoms with Crippen LogP contribution < -0.4 is 5.32 Å². The Bertz CT molecular complexity index is 1120. The highest BCUT2D eigenvalue weighted by Gasteiger charge is 2.29. The van der Waals surface area contributed by atoms with E-state index >= 15 is 0 Å². The Balaban J connectivity index is 1.86. The van der Waals surface area contributed by atoms with Gasteiger partial charge in [0.05, 0.1) is 16.1 Å². The number of benzene rings is 2. The third-order valence-electron chi connectivity index (χ3n) is 3.76. The molecule has 3 aromatic rings. The van der Waals surface area contributed by atoms with Crippen molar-refractivity contribution in [1.29, 1.82) is 0 Å². The van der Waals surface area contributed by atoms with E-state index in [1.807, 2.05) is 18.2 Å². The fourth-order valence-electron chi connectivity index (χ4n) is 2.52. The van der Waals surface area contributed by atoms with Gasteiger partial charge in [-0.15, -0.1) is 0 Å². The first-order valence-corrected chi connectivity index (χ1v) is 9.38. The van der Waals surface area contributed by atoms with Crippen LogP contribution in [0, 0.1) is 0 Å². The molecule has 1 aromatic heterocycles. The van der Waals surface area contributed by atoms with Crippen molar-refractivity contribution in [2.45, 2.75) is 10.7 Å². The Morgan fingerprint density at radius 1 is 1.04 bits per heavy atom. The maximum atomic E-state index is 12.8. The molecule has 1 amide bonds. The second-order valence-corrected chi connectivity index (χ2v) is 7.43. The van der Waals surface area contributed by atoms with Crippen LogP contribution in [0.15, 0.2) is 71.8 Å². The fraction of sp³-hybridized carbons (Fsp3) is 0.0526. The first-order chi connectivity index (χ1) is 12.9. The highest BCUT2D eigenvalue weighted by atomic mass is 32.2. The number of carbonyl (C=O) groups excluding carboxylic acids is 1. The molecular weight excluding hydrogens is 374 g/mol. The van der Waals surface area contributed by atoms with Gasteiger partial charge < -0.3 is 5.32 Å². The van der Waals surface area contributed by atoms with Crippen LogP contribution in [0.25, 0.3) is 17.0 Å². The number of fused-ring (bicyclic) bond motifs is 1. The van der Waals surface area contributed by atoms with Gasteiger partial charge >= 0.3 is 5.76 Å². The van der Waals surface area contributed by atoms with E-state index in [0.717, 1.165) is 11.5 Å². The van der Waals surface area contributed by atoms with Gasteiger partial charge in [-0.3, -0.25) is 9.78 Å². The summed E-state index contributed by atoms with van der Waals surface area (Å²) in [5.41, 5.74) is 1.19. The van der Waals surface area contributed by atoms with E-state index in [1.165, 1.54) is 30.4 Å². The van der Waals surface area contributed by atoms with Crippen LogP contribution in [0.5, 0.6) is 0 Å². The van der Waals surface area contributed by atoms with E-state index in [2.05, 4.69) is 10.3 Å². The SMILES string of the molecule is O=C(/C=C/c1cccc2cccnc12)Nc1ccccc1S(=O)(=O)C(F)F. The zero-order valence-corrected chi connectivity index (χ0v) is 14.7. The fourth-order valence-corrected chi connectivity index (χ4v) is 3.40. The Labute approximate surface area is 154 Å². The number of nitrogens with one attached hydrogen (secondary N) is 1. The van der Waals surface area contributed by atoms with Crippen LogP contribution in [0.4, 0.5) is 14.5 Å². The van der Waals surface area contributed by atoms with Crippen LogP contribution in [0.1, 0.15) is 5.56 Å². The molecule has 1 N–H and O–H groups in total. The number of pyridine rings is 1. The summed E-state index contributed by atoms with van der Waals surface area (Å²) in [6.45, 7) is 0. The third kappa shape index (κ3) is 4.01. The van der Waals surface area contributed by atoms with E-state index in [1.54, 1.807) is 18.3 Å². The lowest BCUT2D eigenvalue weighted by Crippen LogP contribution is -2.16. The van der Waals surface area contributed by atoms with Crippen molar-refractivity contribution in [3.05, 3.63) is 72.4 Å². The highest BCUT2D eigenvalue weighted by Crippen LogP contribution is 2.26. The number of carbonyl (C=O) groups is 1. The topological polar surface area (TPSA) is 76.1 Å². The van der Waals surface area contributed by atoms with Crippen LogP contribution in [0.3, 0.4) is 0 Å². The maximum absolute atomic E-state index is 12.8. The summed E-state index contributed by atoms with van der Waals surface area (Å²) in [6.07, 6.45) is 4.34. The minimum absolute atomic E-state index is 0.205. The number of hydrogen-bond donors (Lipinski definition) is 1. The van der Waals surface area contributed by atoms with Crippen molar-refractivity contribution < 1.29 is 22.0 Å². The second-order valence-electron chi connectivity index (χ2n) is 5.55. The van der Waals surface area contributed by atoms with Gasteiger partial charge in [0.15, 0.2) is 0 Å². The summed E-state index contributed by atoms with van der Waals surface area (Å²) in [7, 11) is -4.83. The highest BCUT2D eigenvalue weighted by molar-refractivity contribution is 7.91. The van der Waals surface area contributed by atoms with Gasteiger partial charge in [0.2, 0.25) is 15.7 Å². The van der Waals surface area contributed by atoms with Crippen LogP contribution in [-0.2, 0) is 14.6 Å². The Hall–Kier alpha value is -3.13. The average molecular weight is 388 g/mol. The van der Waals surface area contributed by atoms with Crippen molar-refractivity contribution >= 4 is 38.4 Å². The monoisotopic (exact) mass is 388 g/mol. The summed E-state index contributed by atoms with van der Waals surface area (Å²) in [6, 6.07) is 14.2. The van der Waals surface area contributed by atoms with Crippen molar-refractivity contribution in [3.8, 4) is 0 Å². The molecule has 0 aliphatic heterocycles. The first-order valence-electron chi connectivity index (χ1n) is 7.83. The molecular formula is C19H14F2N2O3S. The lowest BCUT2D eigenvalue weighted by atomic mass is 10.1. The van der Waals surface area contributed by atoms with E-state index in [4.69, 9.17) is 0 Å². The molecule has 5 nitrogen and oxygen atoms in total. The number of sulfone groups is 1. The van der Waals surface area contributed by atoms with Crippen molar-refractivity contribution in [2.24, 2.45) is 0 Å². The van der Waals surface area contributed by atoms with Gasteiger partial charge in [0.1, 0.15) is 0 Å². The number of aromatic nitrogens is 1. The normalized spacial score (nSPS) is 12.0. The first kappa shape index (κ1) is 18.7. The number of alkyl halides is 2. The molecule has 8 heteroatoms. The predicted molar refractivity (Wildman–Crippen MR) is 99.0 cm³/mol. The molecule has 0 fully saturated rings. The quantitative estimate of drug-likeness (QED) is 0.673. The molecule has 27 heavy (non-hydrogen) atoms.